The summed E-state index contributed by atoms with van der Waals surface area (Å²) in [5.74, 6) is -1.90. The Morgan fingerprint density at radius 1 is 1.09 bits per heavy atom. The van der Waals surface area contributed by atoms with Gasteiger partial charge in [-0.15, -0.1) is 0 Å². The molecule has 1 aliphatic heterocycles. The first-order valence-electron chi connectivity index (χ1n) is 15.0. The summed E-state index contributed by atoms with van der Waals surface area (Å²) in [6.45, 7) is 3.24. The summed E-state index contributed by atoms with van der Waals surface area (Å²) < 4.78 is 41.1. The van der Waals surface area contributed by atoms with E-state index in [1.54, 1.807) is 12.1 Å². The number of fused-ring (bicyclic) bond motifs is 2. The Hall–Kier alpha value is -3.60. The minimum atomic E-state index is -1.09. The number of likely N-dealkylation sites (tertiary alicyclic amines) is 1. The molecule has 1 atom stereocenters. The summed E-state index contributed by atoms with van der Waals surface area (Å²) in [7, 11) is 3.36. The number of oxazole rings is 1. The molecule has 1 saturated carbocycles. The number of nitrogens with zero attached hydrogens (tertiary/aromatic N) is 3. The Morgan fingerprint density at radius 3 is 2.58 bits per heavy atom. The van der Waals surface area contributed by atoms with Crippen LogP contribution < -0.4 is 0 Å². The van der Waals surface area contributed by atoms with E-state index in [0.717, 1.165) is 42.4 Å². The van der Waals surface area contributed by atoms with Gasteiger partial charge in [-0.1, -0.05) is 24.3 Å². The molecule has 10 heteroatoms. The van der Waals surface area contributed by atoms with Gasteiger partial charge in [0.05, 0.1) is 24.7 Å². The van der Waals surface area contributed by atoms with E-state index < -0.39 is 11.7 Å². The van der Waals surface area contributed by atoms with E-state index in [-0.39, 0.29) is 47.9 Å². The molecule has 4 aromatic rings. The molecule has 0 spiro atoms. The number of carbonyl (C=O) groups is 2. The lowest BCUT2D eigenvalue weighted by molar-refractivity contribution is -0.320. The Labute approximate surface area is 249 Å². The quantitative estimate of drug-likeness (QED) is 0.169. The van der Waals surface area contributed by atoms with Gasteiger partial charge in [-0.2, -0.15) is 0 Å². The van der Waals surface area contributed by atoms with Crippen LogP contribution in [0, 0.1) is 11.7 Å². The third-order valence-corrected chi connectivity index (χ3v) is 8.87. The second-order valence-electron chi connectivity index (χ2n) is 11.8. The number of methoxy groups -OCH3 is 1. The van der Waals surface area contributed by atoms with Crippen LogP contribution in [0.2, 0.25) is 0 Å². The van der Waals surface area contributed by atoms with Crippen LogP contribution >= 0.6 is 0 Å². The molecule has 0 bridgehead atoms. The SMILES string of the molecule is COC(=O)[C@H]1CC[C@H](OC(C)(OCC(=O)Cc2ccc3nc(-c4cn(C)c5ccccc45)oc3c2F)N2CCCC2)CC1. The lowest BCUT2D eigenvalue weighted by Crippen LogP contribution is -2.52. The maximum Gasteiger partial charge on any atom is 0.308 e. The highest BCUT2D eigenvalue weighted by Gasteiger charge is 2.40. The molecule has 3 heterocycles. The van der Waals surface area contributed by atoms with E-state index in [4.69, 9.17) is 18.6 Å². The Balaban J connectivity index is 1.13. The van der Waals surface area contributed by atoms with Crippen molar-refractivity contribution in [2.75, 3.05) is 26.8 Å². The fourth-order valence-corrected chi connectivity index (χ4v) is 6.46. The standard InChI is InChI=1S/C33H38FN3O6/c1-33(37-16-6-7-17-37,43-24-13-10-21(11-14-24)32(39)40-3)41-20-23(38)18-22-12-15-27-30(29(22)34)42-31(35-27)26-19-36(2)28-9-5-4-8-25(26)28/h4-5,8-9,12,15,19,21,24H,6-7,10-11,13-14,16-18,20H2,1-3H3/t21-,24-,33?. The average Bonchev–Trinajstić information content (AvgIpc) is 3.78. The number of ketones is 1. The third kappa shape index (κ3) is 5.96. The second-order valence-corrected chi connectivity index (χ2v) is 11.8. The van der Waals surface area contributed by atoms with Crippen molar-refractivity contribution in [3.63, 3.8) is 0 Å². The number of para-hydroxylation sites is 1. The molecule has 2 aromatic heterocycles. The number of Topliss-reactive ketones (excluding diaryl/α,β-unsaturated/α-hetero) is 1. The first-order valence-corrected chi connectivity index (χ1v) is 15.0. The highest BCUT2D eigenvalue weighted by molar-refractivity contribution is 5.95. The van der Waals surface area contributed by atoms with Gasteiger partial charge in [0.1, 0.15) is 12.1 Å². The number of benzene rings is 2. The van der Waals surface area contributed by atoms with Crippen molar-refractivity contribution in [2.45, 2.75) is 63.9 Å². The van der Waals surface area contributed by atoms with Crippen LogP contribution in [-0.2, 0) is 37.3 Å². The Bertz CT molecular complexity index is 1630. The van der Waals surface area contributed by atoms with Crippen molar-refractivity contribution in [3.05, 3.63) is 54.0 Å². The molecule has 0 amide bonds. The van der Waals surface area contributed by atoms with Gasteiger partial charge >= 0.3 is 5.97 Å². The first-order chi connectivity index (χ1) is 20.8. The zero-order valence-corrected chi connectivity index (χ0v) is 24.9. The molecule has 9 nitrogen and oxygen atoms in total. The summed E-state index contributed by atoms with van der Waals surface area (Å²) in [5.41, 5.74) is 2.45. The van der Waals surface area contributed by atoms with Gasteiger partial charge in [0, 0.05) is 50.6 Å². The summed E-state index contributed by atoms with van der Waals surface area (Å²) in [6.07, 6.45) is 6.53. The van der Waals surface area contributed by atoms with Crippen molar-refractivity contribution in [1.29, 1.82) is 0 Å². The van der Waals surface area contributed by atoms with Gasteiger partial charge in [0.15, 0.2) is 17.2 Å². The van der Waals surface area contributed by atoms with E-state index in [2.05, 4.69) is 9.88 Å². The number of carbonyl (C=O) groups excluding carboxylic acids is 2. The summed E-state index contributed by atoms with van der Waals surface area (Å²) in [4.78, 5) is 31.7. The number of ether oxygens (including phenoxy) is 3. The number of aryl methyl sites for hydroxylation is 1. The molecule has 1 saturated heterocycles. The molecule has 0 radical (unpaired) electrons. The number of hydrogen-bond donors (Lipinski definition) is 0. The van der Waals surface area contributed by atoms with Crippen LogP contribution in [0.1, 0.15) is 51.0 Å². The van der Waals surface area contributed by atoms with Gasteiger partial charge in [-0.3, -0.25) is 14.5 Å². The van der Waals surface area contributed by atoms with Crippen LogP contribution in [0.5, 0.6) is 0 Å². The van der Waals surface area contributed by atoms with Gasteiger partial charge in [-0.25, -0.2) is 9.37 Å². The summed E-state index contributed by atoms with van der Waals surface area (Å²) in [5, 5.41) is 0.962. The van der Waals surface area contributed by atoms with E-state index >= 15 is 4.39 Å². The smallest absolute Gasteiger partial charge is 0.308 e. The van der Waals surface area contributed by atoms with Gasteiger partial charge in [0.2, 0.25) is 11.8 Å². The van der Waals surface area contributed by atoms with Crippen molar-refractivity contribution < 1.29 is 32.6 Å². The molecule has 1 aliphatic carbocycles. The molecule has 2 fully saturated rings. The predicted molar refractivity (Wildman–Crippen MR) is 159 cm³/mol. The third-order valence-electron chi connectivity index (χ3n) is 8.87. The highest BCUT2D eigenvalue weighted by atomic mass is 19.1. The lowest BCUT2D eigenvalue weighted by Gasteiger charge is -2.41. The normalized spacial score (nSPS) is 20.9. The highest BCUT2D eigenvalue weighted by Crippen LogP contribution is 2.35. The maximum atomic E-state index is 15.6. The largest absolute Gasteiger partial charge is 0.469 e. The molecule has 1 unspecified atom stereocenters. The second kappa shape index (κ2) is 12.2. The molecular weight excluding hydrogens is 553 g/mol. The number of esters is 1. The molecule has 228 valence electrons. The minimum absolute atomic E-state index is 0.0296. The van der Waals surface area contributed by atoms with Crippen molar-refractivity contribution >= 4 is 33.8 Å². The van der Waals surface area contributed by atoms with E-state index in [9.17, 15) is 9.59 Å². The first kappa shape index (κ1) is 29.5. The fourth-order valence-electron chi connectivity index (χ4n) is 6.46. The molecule has 43 heavy (non-hydrogen) atoms. The van der Waals surface area contributed by atoms with Crippen LogP contribution in [-0.4, -0.2) is 65.0 Å². The summed E-state index contributed by atoms with van der Waals surface area (Å²) >= 11 is 0. The van der Waals surface area contributed by atoms with Crippen LogP contribution in [0.25, 0.3) is 33.5 Å². The monoisotopic (exact) mass is 591 g/mol. The van der Waals surface area contributed by atoms with Gasteiger partial charge < -0.3 is 23.2 Å². The average molecular weight is 592 g/mol. The zero-order valence-electron chi connectivity index (χ0n) is 24.9. The zero-order chi connectivity index (χ0) is 30.1. The Kier molecular flexibility index (Phi) is 8.35. The molecule has 6 rings (SSSR count). The minimum Gasteiger partial charge on any atom is -0.469 e. The van der Waals surface area contributed by atoms with Crippen LogP contribution in [0.3, 0.4) is 0 Å². The molecular formula is C33H38FN3O6. The van der Waals surface area contributed by atoms with Crippen molar-refractivity contribution in [2.24, 2.45) is 13.0 Å². The lowest BCUT2D eigenvalue weighted by atomic mass is 9.87. The number of aromatic nitrogens is 2. The van der Waals surface area contributed by atoms with E-state index in [1.165, 1.54) is 7.11 Å². The fraction of sp³-hybridized carbons (Fsp3) is 0.485. The van der Waals surface area contributed by atoms with E-state index in [1.807, 2.05) is 49.0 Å². The predicted octanol–water partition coefficient (Wildman–Crippen LogP) is 5.77. The van der Waals surface area contributed by atoms with Gasteiger partial charge in [-0.05, 0) is 56.2 Å². The topological polar surface area (TPSA) is 96.0 Å². The molecule has 0 N–H and O–H groups in total. The van der Waals surface area contributed by atoms with Crippen LogP contribution in [0.15, 0.2) is 47.0 Å². The Morgan fingerprint density at radius 2 is 1.84 bits per heavy atom. The van der Waals surface area contributed by atoms with Gasteiger partial charge in [0.25, 0.3) is 0 Å². The number of hydrogen-bond acceptors (Lipinski definition) is 8. The molecule has 2 aliphatic rings. The van der Waals surface area contributed by atoms with Crippen molar-refractivity contribution in [3.8, 4) is 11.5 Å². The summed E-state index contributed by atoms with van der Waals surface area (Å²) in [6, 6.07) is 11.2. The van der Waals surface area contributed by atoms with Crippen LogP contribution in [0.4, 0.5) is 4.39 Å². The molecule has 2 aromatic carbocycles. The maximum absolute atomic E-state index is 15.6. The number of halogens is 1. The number of rotatable bonds is 10. The van der Waals surface area contributed by atoms with Crippen molar-refractivity contribution in [1.82, 2.24) is 14.5 Å². The van der Waals surface area contributed by atoms with E-state index in [0.29, 0.717) is 37.1 Å².